The Balaban J connectivity index is 2.69. The van der Waals surface area contributed by atoms with Crippen LogP contribution in [0.3, 0.4) is 0 Å². The lowest BCUT2D eigenvalue weighted by Crippen LogP contribution is -1.82. The van der Waals surface area contributed by atoms with Crippen LogP contribution in [0.25, 0.3) is 0 Å². The van der Waals surface area contributed by atoms with E-state index in [2.05, 4.69) is 35.0 Å². The first-order valence-corrected chi connectivity index (χ1v) is 3.61. The SMILES string of the molecule is CC1=CC(Br)=CCC1. The Kier molecular flexibility index (Phi) is 1.90. The normalized spacial score (nSPS) is 19.8. The fourth-order valence-electron chi connectivity index (χ4n) is 0.804. The molecular formula is C7H9Br. The molecule has 0 unspecified atom stereocenters. The van der Waals surface area contributed by atoms with E-state index < -0.39 is 0 Å². The Morgan fingerprint density at radius 1 is 1.62 bits per heavy atom. The van der Waals surface area contributed by atoms with Crippen molar-refractivity contribution in [1.29, 1.82) is 0 Å². The summed E-state index contributed by atoms with van der Waals surface area (Å²) in [7, 11) is 0. The zero-order valence-electron chi connectivity index (χ0n) is 4.95. The third-order valence-electron chi connectivity index (χ3n) is 1.26. The van der Waals surface area contributed by atoms with Crippen molar-refractivity contribution in [3.63, 3.8) is 0 Å². The molecule has 0 atom stereocenters. The maximum Gasteiger partial charge on any atom is 0.0134 e. The number of hydrogen-bond donors (Lipinski definition) is 0. The summed E-state index contributed by atoms with van der Waals surface area (Å²) >= 11 is 3.41. The van der Waals surface area contributed by atoms with Crippen LogP contribution >= 0.6 is 15.9 Å². The minimum absolute atomic E-state index is 1.20. The van der Waals surface area contributed by atoms with E-state index in [1.807, 2.05) is 0 Å². The van der Waals surface area contributed by atoms with Gasteiger partial charge in [-0.15, -0.1) is 0 Å². The van der Waals surface area contributed by atoms with E-state index in [0.717, 1.165) is 0 Å². The fraction of sp³-hybridized carbons (Fsp3) is 0.429. The van der Waals surface area contributed by atoms with Crippen molar-refractivity contribution in [1.82, 2.24) is 0 Å². The van der Waals surface area contributed by atoms with E-state index in [0.29, 0.717) is 0 Å². The summed E-state index contributed by atoms with van der Waals surface area (Å²) in [5.74, 6) is 0. The van der Waals surface area contributed by atoms with E-state index in [4.69, 9.17) is 0 Å². The molecule has 1 aliphatic carbocycles. The molecule has 0 fully saturated rings. The molecule has 0 amide bonds. The largest absolute Gasteiger partial charge is 0.0719 e. The summed E-state index contributed by atoms with van der Waals surface area (Å²) in [6.45, 7) is 2.16. The lowest BCUT2D eigenvalue weighted by atomic mass is 10.1. The van der Waals surface area contributed by atoms with Crippen LogP contribution in [0.2, 0.25) is 0 Å². The molecule has 0 heterocycles. The van der Waals surface area contributed by atoms with Crippen molar-refractivity contribution in [2.75, 3.05) is 0 Å². The lowest BCUT2D eigenvalue weighted by Gasteiger charge is -2.03. The van der Waals surface area contributed by atoms with Gasteiger partial charge in [0.2, 0.25) is 0 Å². The molecule has 0 bridgehead atoms. The predicted molar refractivity (Wildman–Crippen MR) is 40.0 cm³/mol. The van der Waals surface area contributed by atoms with Crippen LogP contribution in [-0.4, -0.2) is 0 Å². The van der Waals surface area contributed by atoms with Crippen LogP contribution in [-0.2, 0) is 0 Å². The molecule has 0 radical (unpaired) electrons. The molecule has 8 heavy (non-hydrogen) atoms. The Morgan fingerprint density at radius 2 is 2.38 bits per heavy atom. The molecule has 1 rings (SSSR count). The molecule has 1 heteroatoms. The maximum atomic E-state index is 3.41. The van der Waals surface area contributed by atoms with E-state index in [-0.39, 0.29) is 0 Å². The van der Waals surface area contributed by atoms with Gasteiger partial charge in [0.1, 0.15) is 0 Å². The van der Waals surface area contributed by atoms with Crippen LogP contribution in [0.15, 0.2) is 22.2 Å². The average Bonchev–Trinajstić information content (AvgIpc) is 1.64. The number of hydrogen-bond acceptors (Lipinski definition) is 0. The van der Waals surface area contributed by atoms with Gasteiger partial charge in [0, 0.05) is 4.48 Å². The molecule has 0 aromatic heterocycles. The molecule has 0 saturated heterocycles. The van der Waals surface area contributed by atoms with Gasteiger partial charge in [-0.1, -0.05) is 27.6 Å². The minimum Gasteiger partial charge on any atom is -0.0719 e. The van der Waals surface area contributed by atoms with E-state index in [1.54, 1.807) is 0 Å². The fourth-order valence-corrected chi connectivity index (χ4v) is 1.42. The van der Waals surface area contributed by atoms with Crippen molar-refractivity contribution < 1.29 is 0 Å². The summed E-state index contributed by atoms with van der Waals surface area (Å²) in [6, 6.07) is 0. The zero-order valence-corrected chi connectivity index (χ0v) is 6.53. The smallest absolute Gasteiger partial charge is 0.0134 e. The monoisotopic (exact) mass is 172 g/mol. The van der Waals surface area contributed by atoms with Gasteiger partial charge in [0.05, 0.1) is 0 Å². The second-order valence-corrected chi connectivity index (χ2v) is 3.03. The zero-order chi connectivity index (χ0) is 5.98. The summed E-state index contributed by atoms with van der Waals surface area (Å²) < 4.78 is 1.24. The molecule has 0 N–H and O–H groups in total. The third-order valence-corrected chi connectivity index (χ3v) is 1.81. The quantitative estimate of drug-likeness (QED) is 0.528. The van der Waals surface area contributed by atoms with E-state index in [9.17, 15) is 0 Å². The van der Waals surface area contributed by atoms with Crippen LogP contribution in [0.5, 0.6) is 0 Å². The second-order valence-electron chi connectivity index (χ2n) is 2.12. The van der Waals surface area contributed by atoms with Crippen molar-refractivity contribution in [2.24, 2.45) is 0 Å². The number of halogens is 1. The molecular weight excluding hydrogens is 164 g/mol. The highest BCUT2D eigenvalue weighted by atomic mass is 79.9. The van der Waals surface area contributed by atoms with Gasteiger partial charge in [0.25, 0.3) is 0 Å². The van der Waals surface area contributed by atoms with Crippen molar-refractivity contribution in [3.8, 4) is 0 Å². The topological polar surface area (TPSA) is 0 Å². The van der Waals surface area contributed by atoms with Crippen molar-refractivity contribution >= 4 is 15.9 Å². The van der Waals surface area contributed by atoms with Gasteiger partial charge in [-0.2, -0.15) is 0 Å². The highest BCUT2D eigenvalue weighted by molar-refractivity contribution is 9.11. The standard InChI is InChI=1S/C7H9Br/c1-6-3-2-4-7(8)5-6/h4-5H,2-3H2,1H3. The summed E-state index contributed by atoms with van der Waals surface area (Å²) in [5, 5.41) is 0. The van der Waals surface area contributed by atoms with Crippen molar-refractivity contribution in [2.45, 2.75) is 19.8 Å². The molecule has 0 aromatic rings. The molecule has 1 aliphatic rings. The van der Waals surface area contributed by atoms with Crippen molar-refractivity contribution in [3.05, 3.63) is 22.2 Å². The predicted octanol–water partition coefficient (Wildman–Crippen LogP) is 3.01. The van der Waals surface area contributed by atoms with Gasteiger partial charge in [0.15, 0.2) is 0 Å². The maximum absolute atomic E-state index is 3.41. The Bertz CT molecular complexity index is 142. The first kappa shape index (κ1) is 6.09. The molecule has 44 valence electrons. The lowest BCUT2D eigenvalue weighted by molar-refractivity contribution is 0.959. The van der Waals surface area contributed by atoms with E-state index >= 15 is 0 Å². The third kappa shape index (κ3) is 1.48. The van der Waals surface area contributed by atoms with Gasteiger partial charge < -0.3 is 0 Å². The summed E-state index contributed by atoms with van der Waals surface area (Å²) in [5.41, 5.74) is 1.47. The summed E-state index contributed by atoms with van der Waals surface area (Å²) in [4.78, 5) is 0. The van der Waals surface area contributed by atoms with Gasteiger partial charge in [-0.25, -0.2) is 0 Å². The Labute approximate surface area is 58.4 Å². The Hall–Kier alpha value is -0.0400. The molecule has 0 aromatic carbocycles. The summed E-state index contributed by atoms with van der Waals surface area (Å²) in [6.07, 6.45) is 6.80. The molecule has 0 saturated carbocycles. The first-order valence-electron chi connectivity index (χ1n) is 2.82. The van der Waals surface area contributed by atoms with Crippen LogP contribution in [0, 0.1) is 0 Å². The van der Waals surface area contributed by atoms with E-state index in [1.165, 1.54) is 22.9 Å². The number of rotatable bonds is 0. The minimum atomic E-state index is 1.20. The van der Waals surface area contributed by atoms with Crippen LogP contribution in [0.1, 0.15) is 19.8 Å². The molecule has 0 nitrogen and oxygen atoms in total. The van der Waals surface area contributed by atoms with Crippen LogP contribution < -0.4 is 0 Å². The highest BCUT2D eigenvalue weighted by Gasteiger charge is 1.95. The number of allylic oxidation sites excluding steroid dienone is 4. The Morgan fingerprint density at radius 3 is 2.75 bits per heavy atom. The van der Waals surface area contributed by atoms with Crippen LogP contribution in [0.4, 0.5) is 0 Å². The second kappa shape index (κ2) is 2.49. The van der Waals surface area contributed by atoms with Gasteiger partial charge in [-0.3, -0.25) is 0 Å². The average molecular weight is 173 g/mol. The van der Waals surface area contributed by atoms with Gasteiger partial charge >= 0.3 is 0 Å². The first-order chi connectivity index (χ1) is 3.79. The molecule has 0 spiro atoms. The van der Waals surface area contributed by atoms with Gasteiger partial charge in [-0.05, 0) is 25.8 Å². The molecule has 0 aliphatic heterocycles. The highest BCUT2D eigenvalue weighted by Crippen LogP contribution is 2.19.